The third-order valence-electron chi connectivity index (χ3n) is 3.46. The van der Waals surface area contributed by atoms with E-state index in [0.29, 0.717) is 11.5 Å². The van der Waals surface area contributed by atoms with Crippen LogP contribution in [0.4, 0.5) is 4.79 Å². The first-order chi connectivity index (χ1) is 10.0. The second-order valence-electron chi connectivity index (χ2n) is 5.02. The molecule has 0 saturated carbocycles. The molecule has 2 heterocycles. The van der Waals surface area contributed by atoms with Crippen LogP contribution < -0.4 is 5.32 Å². The van der Waals surface area contributed by atoms with Crippen LogP contribution in [0.3, 0.4) is 0 Å². The van der Waals surface area contributed by atoms with E-state index in [9.17, 15) is 14.7 Å². The number of nitrogens with zero attached hydrogens (tertiary/aromatic N) is 1. The fraction of sp³-hybridized carbons (Fsp3) is 0.571. The predicted molar refractivity (Wildman–Crippen MR) is 80.1 cm³/mol. The Morgan fingerprint density at radius 3 is 2.95 bits per heavy atom. The van der Waals surface area contributed by atoms with E-state index in [0.717, 1.165) is 12.8 Å². The molecule has 3 atom stereocenters. The van der Waals surface area contributed by atoms with E-state index in [1.165, 1.54) is 16.7 Å². The molecule has 0 aromatic carbocycles. The minimum atomic E-state index is -0.957. The maximum atomic E-state index is 12.4. The average Bonchev–Trinajstić information content (AvgIpc) is 3.08. The number of amides is 2. The first-order valence-electron chi connectivity index (χ1n) is 7.01. The first kappa shape index (κ1) is 15.8. The summed E-state index contributed by atoms with van der Waals surface area (Å²) in [6.45, 7) is 3.83. The molecule has 2 N–H and O–H groups in total. The van der Waals surface area contributed by atoms with Crippen LogP contribution in [0.1, 0.15) is 38.5 Å². The van der Waals surface area contributed by atoms with Crippen molar-refractivity contribution in [1.29, 1.82) is 0 Å². The number of rotatable bonds is 5. The molecule has 3 unspecified atom stereocenters. The summed E-state index contributed by atoms with van der Waals surface area (Å²) in [4.78, 5) is 25.2. The lowest BCUT2D eigenvalue weighted by atomic mass is 10.2. The van der Waals surface area contributed by atoms with Gasteiger partial charge in [0.2, 0.25) is 0 Å². The van der Waals surface area contributed by atoms with Crippen LogP contribution >= 0.6 is 11.8 Å². The van der Waals surface area contributed by atoms with Crippen LogP contribution in [0.2, 0.25) is 0 Å². The molecule has 0 bridgehead atoms. The van der Waals surface area contributed by atoms with Gasteiger partial charge in [-0.05, 0) is 25.5 Å². The summed E-state index contributed by atoms with van der Waals surface area (Å²) in [6.07, 6.45) is 3.24. The summed E-state index contributed by atoms with van der Waals surface area (Å²) in [7, 11) is 0. The van der Waals surface area contributed by atoms with Gasteiger partial charge >= 0.3 is 12.0 Å². The Labute approximate surface area is 127 Å². The van der Waals surface area contributed by atoms with Gasteiger partial charge in [-0.25, -0.2) is 9.59 Å². The zero-order valence-corrected chi connectivity index (χ0v) is 12.9. The number of carboxylic acid groups (broad SMARTS) is 1. The minimum Gasteiger partial charge on any atom is -0.480 e. The SMILES string of the molecule is CCCC1SCC(C(=O)O)N1C(=O)NC(C)c1ccco1. The summed E-state index contributed by atoms with van der Waals surface area (Å²) in [5.41, 5.74) is 0. The van der Waals surface area contributed by atoms with Crippen molar-refractivity contribution in [3.05, 3.63) is 24.2 Å². The molecule has 0 spiro atoms. The molecule has 0 aliphatic carbocycles. The molecule has 2 amide bonds. The highest BCUT2D eigenvalue weighted by atomic mass is 32.2. The highest BCUT2D eigenvalue weighted by Gasteiger charge is 2.41. The van der Waals surface area contributed by atoms with Gasteiger partial charge in [-0.1, -0.05) is 13.3 Å². The Hall–Kier alpha value is -1.63. The molecule has 1 aromatic heterocycles. The Kier molecular flexibility index (Phi) is 5.17. The lowest BCUT2D eigenvalue weighted by molar-refractivity contribution is -0.141. The van der Waals surface area contributed by atoms with E-state index in [-0.39, 0.29) is 17.4 Å². The summed E-state index contributed by atoms with van der Waals surface area (Å²) < 4.78 is 5.25. The number of carbonyl (C=O) groups is 2. The summed E-state index contributed by atoms with van der Waals surface area (Å²) in [5.74, 6) is 0.124. The largest absolute Gasteiger partial charge is 0.480 e. The molecular weight excluding hydrogens is 292 g/mol. The lowest BCUT2D eigenvalue weighted by Crippen LogP contribution is -2.50. The monoisotopic (exact) mass is 312 g/mol. The highest BCUT2D eigenvalue weighted by molar-refractivity contribution is 8.00. The van der Waals surface area contributed by atoms with Gasteiger partial charge < -0.3 is 14.8 Å². The van der Waals surface area contributed by atoms with E-state index >= 15 is 0 Å². The summed E-state index contributed by atoms with van der Waals surface area (Å²) >= 11 is 1.53. The quantitative estimate of drug-likeness (QED) is 0.873. The maximum absolute atomic E-state index is 12.4. The van der Waals surface area contributed by atoms with Crippen molar-refractivity contribution < 1.29 is 19.1 Å². The second-order valence-corrected chi connectivity index (χ2v) is 6.24. The van der Waals surface area contributed by atoms with Crippen molar-refractivity contribution in [3.8, 4) is 0 Å². The number of carbonyl (C=O) groups excluding carboxylic acids is 1. The fourth-order valence-corrected chi connectivity index (χ4v) is 3.88. The normalized spacial score (nSPS) is 23.0. The maximum Gasteiger partial charge on any atom is 0.327 e. The van der Waals surface area contributed by atoms with Crippen molar-refractivity contribution in [3.63, 3.8) is 0 Å². The molecule has 0 radical (unpaired) electrons. The van der Waals surface area contributed by atoms with E-state index in [1.54, 1.807) is 18.4 Å². The van der Waals surface area contributed by atoms with Crippen molar-refractivity contribution in [1.82, 2.24) is 10.2 Å². The number of hydrogen-bond donors (Lipinski definition) is 2. The number of thioether (sulfide) groups is 1. The highest BCUT2D eigenvalue weighted by Crippen LogP contribution is 2.32. The Morgan fingerprint density at radius 1 is 1.62 bits per heavy atom. The van der Waals surface area contributed by atoms with Gasteiger partial charge in [0.05, 0.1) is 17.7 Å². The predicted octanol–water partition coefficient (Wildman–Crippen LogP) is 2.68. The van der Waals surface area contributed by atoms with Crippen molar-refractivity contribution >= 4 is 23.8 Å². The van der Waals surface area contributed by atoms with Crippen molar-refractivity contribution in [2.45, 2.75) is 44.1 Å². The van der Waals surface area contributed by atoms with Crippen LogP contribution in [0.5, 0.6) is 0 Å². The Balaban J connectivity index is 2.07. The van der Waals surface area contributed by atoms with Crippen LogP contribution in [0.25, 0.3) is 0 Å². The van der Waals surface area contributed by atoms with Crippen LogP contribution in [0.15, 0.2) is 22.8 Å². The molecule has 1 saturated heterocycles. The molecular formula is C14H20N2O4S. The van der Waals surface area contributed by atoms with E-state index in [1.807, 2.05) is 13.8 Å². The van der Waals surface area contributed by atoms with Gasteiger partial charge in [0.15, 0.2) is 0 Å². The average molecular weight is 312 g/mol. The molecule has 116 valence electrons. The van der Waals surface area contributed by atoms with Gasteiger partial charge in [-0.3, -0.25) is 4.90 Å². The number of hydrogen-bond acceptors (Lipinski definition) is 4. The van der Waals surface area contributed by atoms with Gasteiger partial charge in [-0.15, -0.1) is 11.8 Å². The molecule has 1 fully saturated rings. The topological polar surface area (TPSA) is 82.8 Å². The number of aliphatic carboxylic acids is 1. The third kappa shape index (κ3) is 3.53. The fourth-order valence-electron chi connectivity index (χ4n) is 2.36. The van der Waals surface area contributed by atoms with Gasteiger partial charge in [0.1, 0.15) is 11.8 Å². The number of urea groups is 1. The van der Waals surface area contributed by atoms with Gasteiger partial charge in [0.25, 0.3) is 0 Å². The van der Waals surface area contributed by atoms with Crippen LogP contribution in [-0.4, -0.2) is 39.2 Å². The van der Waals surface area contributed by atoms with Gasteiger partial charge in [0, 0.05) is 5.75 Å². The molecule has 21 heavy (non-hydrogen) atoms. The second kappa shape index (κ2) is 6.89. The minimum absolute atomic E-state index is 0.0834. The van der Waals surface area contributed by atoms with Crippen LogP contribution in [-0.2, 0) is 4.79 Å². The smallest absolute Gasteiger partial charge is 0.327 e. The number of carboxylic acids is 1. The van der Waals surface area contributed by atoms with Gasteiger partial charge in [-0.2, -0.15) is 0 Å². The van der Waals surface area contributed by atoms with Crippen molar-refractivity contribution in [2.24, 2.45) is 0 Å². The zero-order chi connectivity index (χ0) is 15.4. The Morgan fingerprint density at radius 2 is 2.38 bits per heavy atom. The third-order valence-corrected chi connectivity index (χ3v) is 4.81. The standard InChI is InChI=1S/C14H20N2O4S/c1-3-5-12-16(10(8-21-12)13(17)18)14(19)15-9(2)11-6-4-7-20-11/h4,6-7,9-10,12H,3,5,8H2,1-2H3,(H,15,19)(H,17,18). The van der Waals surface area contributed by atoms with E-state index in [4.69, 9.17) is 4.42 Å². The number of nitrogens with one attached hydrogen (secondary N) is 1. The Bertz CT molecular complexity index is 491. The lowest BCUT2D eigenvalue weighted by Gasteiger charge is -2.28. The zero-order valence-electron chi connectivity index (χ0n) is 12.1. The number of furan rings is 1. The molecule has 6 nitrogen and oxygen atoms in total. The van der Waals surface area contributed by atoms with E-state index in [2.05, 4.69) is 5.32 Å². The molecule has 1 aromatic rings. The molecule has 7 heteroatoms. The molecule has 2 rings (SSSR count). The van der Waals surface area contributed by atoms with Crippen LogP contribution in [0, 0.1) is 0 Å². The first-order valence-corrected chi connectivity index (χ1v) is 8.06. The van der Waals surface area contributed by atoms with E-state index < -0.39 is 12.0 Å². The van der Waals surface area contributed by atoms with Crippen molar-refractivity contribution in [2.75, 3.05) is 5.75 Å². The summed E-state index contributed by atoms with van der Waals surface area (Å²) in [6, 6.07) is 2.12. The molecule has 1 aliphatic heterocycles. The molecule has 1 aliphatic rings. The summed E-state index contributed by atoms with van der Waals surface area (Å²) in [5, 5.41) is 12.0.